The van der Waals surface area contributed by atoms with Crippen LogP contribution in [0.3, 0.4) is 0 Å². The molecule has 0 unspecified atom stereocenters. The molecule has 2 rings (SSSR count). The zero-order valence-corrected chi connectivity index (χ0v) is 13.5. The number of benzene rings is 1. The monoisotopic (exact) mass is 320 g/mol. The molecule has 6 nitrogen and oxygen atoms in total. The summed E-state index contributed by atoms with van der Waals surface area (Å²) in [4.78, 5) is 26.7. The molecule has 0 spiro atoms. The second-order valence-corrected chi connectivity index (χ2v) is 5.74. The van der Waals surface area contributed by atoms with E-state index >= 15 is 0 Å². The molecule has 0 radical (unpaired) electrons. The van der Waals surface area contributed by atoms with Crippen molar-refractivity contribution >= 4 is 12.1 Å². The Hall–Kier alpha value is -2.08. The molecule has 1 aliphatic rings. The first kappa shape index (κ1) is 17.3. The number of hydrogen-bond donors (Lipinski definition) is 1. The van der Waals surface area contributed by atoms with Crippen LogP contribution in [0.2, 0.25) is 0 Å². The van der Waals surface area contributed by atoms with Crippen molar-refractivity contribution < 1.29 is 19.4 Å². The fourth-order valence-electron chi connectivity index (χ4n) is 2.90. The summed E-state index contributed by atoms with van der Waals surface area (Å²) in [6.45, 7) is 4.05. The lowest BCUT2D eigenvalue weighted by Gasteiger charge is -2.37. The van der Waals surface area contributed by atoms with Gasteiger partial charge >= 0.3 is 12.1 Å². The molecule has 1 aromatic rings. The zero-order valence-electron chi connectivity index (χ0n) is 13.5. The number of carboxylic acid groups (broad SMARTS) is 1. The van der Waals surface area contributed by atoms with E-state index in [1.54, 1.807) is 4.90 Å². The molecule has 126 valence electrons. The fraction of sp³-hybridized carbons (Fsp3) is 0.529. The van der Waals surface area contributed by atoms with E-state index in [0.717, 1.165) is 18.4 Å². The van der Waals surface area contributed by atoms with Gasteiger partial charge in [-0.2, -0.15) is 0 Å². The van der Waals surface area contributed by atoms with E-state index in [-0.39, 0.29) is 25.3 Å². The number of likely N-dealkylation sites (N-methyl/N-ethyl adjacent to an activating group) is 1. The Bertz CT molecular complexity index is 521. The predicted molar refractivity (Wildman–Crippen MR) is 86.1 cm³/mol. The van der Waals surface area contributed by atoms with E-state index in [0.29, 0.717) is 19.6 Å². The van der Waals surface area contributed by atoms with Crippen LogP contribution in [0.1, 0.15) is 25.3 Å². The lowest BCUT2D eigenvalue weighted by atomic mass is 10.0. The number of carboxylic acids is 1. The van der Waals surface area contributed by atoms with Gasteiger partial charge in [0.05, 0.1) is 6.54 Å². The average molecular weight is 320 g/mol. The second-order valence-electron chi connectivity index (χ2n) is 5.74. The van der Waals surface area contributed by atoms with Gasteiger partial charge in [-0.05, 0) is 24.9 Å². The summed E-state index contributed by atoms with van der Waals surface area (Å²) in [5.41, 5.74) is 0.954. The molecule has 1 heterocycles. The molecule has 1 N–H and O–H groups in total. The molecular formula is C17H24N2O4. The summed E-state index contributed by atoms with van der Waals surface area (Å²) in [6, 6.07) is 9.64. The highest BCUT2D eigenvalue weighted by Gasteiger charge is 2.28. The minimum Gasteiger partial charge on any atom is -0.480 e. The Labute approximate surface area is 136 Å². The summed E-state index contributed by atoms with van der Waals surface area (Å²) in [5.74, 6) is -0.837. The van der Waals surface area contributed by atoms with Crippen molar-refractivity contribution in [3.63, 3.8) is 0 Å². The highest BCUT2D eigenvalue weighted by Crippen LogP contribution is 2.17. The van der Waals surface area contributed by atoms with E-state index in [2.05, 4.69) is 0 Å². The Balaban J connectivity index is 1.87. The third-order valence-corrected chi connectivity index (χ3v) is 4.12. The molecule has 0 aliphatic carbocycles. The smallest absolute Gasteiger partial charge is 0.410 e. The molecule has 0 bridgehead atoms. The molecule has 1 aromatic carbocycles. The van der Waals surface area contributed by atoms with Crippen LogP contribution in [-0.4, -0.2) is 59.2 Å². The third kappa shape index (κ3) is 5.25. The van der Waals surface area contributed by atoms with Gasteiger partial charge in [-0.1, -0.05) is 37.3 Å². The van der Waals surface area contributed by atoms with Crippen LogP contribution in [-0.2, 0) is 16.1 Å². The van der Waals surface area contributed by atoms with Crippen LogP contribution in [0, 0.1) is 0 Å². The number of piperidine rings is 1. The SMILES string of the molecule is CCN(CC(=O)O)[C@H]1CCCN(C(=O)OCc2ccccc2)C1. The second kappa shape index (κ2) is 8.53. The van der Waals surface area contributed by atoms with Crippen LogP contribution in [0.5, 0.6) is 0 Å². The van der Waals surface area contributed by atoms with Crippen molar-refractivity contribution in [2.24, 2.45) is 0 Å². The minimum atomic E-state index is -0.837. The standard InChI is InChI=1S/C17H24N2O4/c1-2-18(12-16(20)21)15-9-6-10-19(11-15)17(22)23-13-14-7-4-3-5-8-14/h3-5,7-8,15H,2,6,9-13H2,1H3,(H,20,21)/t15-/m0/s1. The molecule has 1 atom stereocenters. The van der Waals surface area contributed by atoms with Gasteiger partial charge in [0.25, 0.3) is 0 Å². The highest BCUT2D eigenvalue weighted by molar-refractivity contribution is 5.69. The van der Waals surface area contributed by atoms with Crippen molar-refractivity contribution in [1.29, 1.82) is 0 Å². The quantitative estimate of drug-likeness (QED) is 0.870. The van der Waals surface area contributed by atoms with Gasteiger partial charge in [0, 0.05) is 19.1 Å². The van der Waals surface area contributed by atoms with Crippen LogP contribution in [0.15, 0.2) is 30.3 Å². The van der Waals surface area contributed by atoms with Gasteiger partial charge in [0.2, 0.25) is 0 Å². The molecular weight excluding hydrogens is 296 g/mol. The zero-order chi connectivity index (χ0) is 16.7. The molecule has 0 saturated carbocycles. The van der Waals surface area contributed by atoms with Crippen molar-refractivity contribution in [2.45, 2.75) is 32.4 Å². The van der Waals surface area contributed by atoms with Gasteiger partial charge in [-0.3, -0.25) is 9.69 Å². The highest BCUT2D eigenvalue weighted by atomic mass is 16.6. The Morgan fingerprint density at radius 3 is 2.74 bits per heavy atom. The molecule has 1 amide bonds. The van der Waals surface area contributed by atoms with Crippen molar-refractivity contribution in [1.82, 2.24) is 9.80 Å². The van der Waals surface area contributed by atoms with E-state index in [4.69, 9.17) is 9.84 Å². The summed E-state index contributed by atoms with van der Waals surface area (Å²) < 4.78 is 5.36. The van der Waals surface area contributed by atoms with Crippen LogP contribution in [0.4, 0.5) is 4.79 Å². The number of carbonyl (C=O) groups is 2. The van der Waals surface area contributed by atoms with Gasteiger partial charge in [-0.15, -0.1) is 0 Å². The van der Waals surface area contributed by atoms with Gasteiger partial charge in [-0.25, -0.2) is 4.79 Å². The van der Waals surface area contributed by atoms with E-state index in [1.807, 2.05) is 42.2 Å². The van der Waals surface area contributed by atoms with Crippen molar-refractivity contribution in [3.8, 4) is 0 Å². The van der Waals surface area contributed by atoms with Gasteiger partial charge in [0.1, 0.15) is 6.61 Å². The summed E-state index contributed by atoms with van der Waals surface area (Å²) in [6.07, 6.45) is 1.44. The number of likely N-dealkylation sites (tertiary alicyclic amines) is 1. The largest absolute Gasteiger partial charge is 0.480 e. The van der Waals surface area contributed by atoms with E-state index in [9.17, 15) is 9.59 Å². The molecule has 1 saturated heterocycles. The number of ether oxygens (including phenoxy) is 1. The first-order chi connectivity index (χ1) is 11.1. The molecule has 1 aliphatic heterocycles. The van der Waals surface area contributed by atoms with E-state index < -0.39 is 5.97 Å². The average Bonchev–Trinajstić information content (AvgIpc) is 2.58. The number of hydrogen-bond acceptors (Lipinski definition) is 4. The summed E-state index contributed by atoms with van der Waals surface area (Å²) in [7, 11) is 0. The number of rotatable bonds is 6. The van der Waals surface area contributed by atoms with Crippen LogP contribution >= 0.6 is 0 Å². The minimum absolute atomic E-state index is 0.00801. The number of aliphatic carboxylic acids is 1. The van der Waals surface area contributed by atoms with Gasteiger partial charge < -0.3 is 14.7 Å². The maximum absolute atomic E-state index is 12.2. The molecule has 6 heteroatoms. The topological polar surface area (TPSA) is 70.1 Å². The molecule has 1 fully saturated rings. The predicted octanol–water partition coefficient (Wildman–Crippen LogP) is 2.19. The Kier molecular flexibility index (Phi) is 6.40. The Morgan fingerprint density at radius 2 is 2.09 bits per heavy atom. The Morgan fingerprint density at radius 1 is 1.35 bits per heavy atom. The van der Waals surface area contributed by atoms with Crippen LogP contribution in [0.25, 0.3) is 0 Å². The lowest BCUT2D eigenvalue weighted by molar-refractivity contribution is -0.139. The maximum Gasteiger partial charge on any atom is 0.410 e. The normalized spacial score (nSPS) is 18.0. The third-order valence-electron chi connectivity index (χ3n) is 4.12. The van der Waals surface area contributed by atoms with Gasteiger partial charge in [0.15, 0.2) is 0 Å². The fourth-order valence-corrected chi connectivity index (χ4v) is 2.90. The number of amides is 1. The summed E-state index contributed by atoms with van der Waals surface area (Å²) in [5, 5.41) is 8.98. The first-order valence-electron chi connectivity index (χ1n) is 8.01. The molecule has 23 heavy (non-hydrogen) atoms. The first-order valence-corrected chi connectivity index (χ1v) is 8.01. The van der Waals surface area contributed by atoms with Crippen LogP contribution < -0.4 is 0 Å². The number of carbonyl (C=O) groups excluding carboxylic acids is 1. The number of nitrogens with zero attached hydrogens (tertiary/aromatic N) is 2. The lowest BCUT2D eigenvalue weighted by Crippen LogP contribution is -2.51. The van der Waals surface area contributed by atoms with E-state index in [1.165, 1.54) is 0 Å². The molecule has 0 aromatic heterocycles. The maximum atomic E-state index is 12.2. The van der Waals surface area contributed by atoms with Crippen molar-refractivity contribution in [2.75, 3.05) is 26.2 Å². The summed E-state index contributed by atoms with van der Waals surface area (Å²) >= 11 is 0. The van der Waals surface area contributed by atoms with Crippen molar-refractivity contribution in [3.05, 3.63) is 35.9 Å².